The van der Waals surface area contributed by atoms with E-state index in [1.807, 2.05) is 0 Å². The number of unbranched alkanes of at least 4 members (excludes halogenated alkanes) is 5. The average Bonchev–Trinajstić information content (AvgIpc) is 3.04. The third-order valence-electron chi connectivity index (χ3n) is 5.72. The van der Waals surface area contributed by atoms with Crippen molar-refractivity contribution < 1.29 is 15.0 Å². The summed E-state index contributed by atoms with van der Waals surface area (Å²) in [6.45, 7) is 2.23. The number of aliphatic carboxylic acids is 1. The van der Waals surface area contributed by atoms with E-state index in [2.05, 4.69) is 25.2 Å². The van der Waals surface area contributed by atoms with Gasteiger partial charge in [-0.2, -0.15) is 0 Å². The lowest BCUT2D eigenvalue weighted by atomic mass is 9.90. The fourth-order valence-electron chi connectivity index (χ4n) is 4.44. The molecule has 136 valence electrons. The van der Waals surface area contributed by atoms with E-state index in [1.165, 1.54) is 31.3 Å². The van der Waals surface area contributed by atoms with E-state index >= 15 is 0 Å². The molecule has 0 heterocycles. The highest BCUT2D eigenvalue weighted by Gasteiger charge is 2.44. The van der Waals surface area contributed by atoms with Crippen LogP contribution in [0.1, 0.15) is 77.6 Å². The molecule has 2 N–H and O–H groups in total. The van der Waals surface area contributed by atoms with Gasteiger partial charge in [-0.3, -0.25) is 4.79 Å². The summed E-state index contributed by atoms with van der Waals surface area (Å²) in [6.07, 6.45) is 18.0. The number of hydrogen-bond acceptors (Lipinski definition) is 2. The molecule has 2 saturated carbocycles. The molecule has 2 aliphatic rings. The molecule has 24 heavy (non-hydrogen) atoms. The summed E-state index contributed by atoms with van der Waals surface area (Å²) >= 11 is 0. The van der Waals surface area contributed by atoms with E-state index in [0.717, 1.165) is 38.5 Å². The third-order valence-corrected chi connectivity index (χ3v) is 5.72. The second kappa shape index (κ2) is 10.0. The van der Waals surface area contributed by atoms with Gasteiger partial charge in [-0.15, -0.1) is 0 Å². The normalized spacial score (nSPS) is 31.2. The molecule has 0 spiro atoms. The van der Waals surface area contributed by atoms with Gasteiger partial charge >= 0.3 is 5.97 Å². The van der Waals surface area contributed by atoms with E-state index in [4.69, 9.17) is 5.11 Å². The molecule has 1 unspecified atom stereocenters. The Hall–Kier alpha value is -1.09. The van der Waals surface area contributed by atoms with E-state index in [9.17, 15) is 9.90 Å². The zero-order chi connectivity index (χ0) is 17.4. The molecule has 0 amide bonds. The molecule has 0 bridgehead atoms. The summed E-state index contributed by atoms with van der Waals surface area (Å²) in [5.41, 5.74) is 1.49. The van der Waals surface area contributed by atoms with Gasteiger partial charge in [0, 0.05) is 12.3 Å². The van der Waals surface area contributed by atoms with Crippen molar-refractivity contribution in [2.45, 2.75) is 83.7 Å². The molecule has 2 rings (SSSR count). The topological polar surface area (TPSA) is 57.5 Å². The van der Waals surface area contributed by atoms with Crippen molar-refractivity contribution in [2.75, 3.05) is 0 Å². The number of hydrogen-bond donors (Lipinski definition) is 2. The Bertz CT molecular complexity index is 452. The molecule has 0 aliphatic heterocycles. The van der Waals surface area contributed by atoms with Crippen molar-refractivity contribution in [1.82, 2.24) is 0 Å². The quantitative estimate of drug-likeness (QED) is 0.431. The van der Waals surface area contributed by atoms with Crippen LogP contribution in [0, 0.1) is 17.8 Å². The number of carboxylic acid groups (broad SMARTS) is 1. The third kappa shape index (κ3) is 5.77. The zero-order valence-corrected chi connectivity index (χ0v) is 15.1. The summed E-state index contributed by atoms with van der Waals surface area (Å²) < 4.78 is 0. The first-order chi connectivity index (χ1) is 11.6. The molecule has 4 atom stereocenters. The van der Waals surface area contributed by atoms with Crippen LogP contribution in [-0.2, 0) is 4.79 Å². The molecule has 2 fully saturated rings. The monoisotopic (exact) mass is 334 g/mol. The van der Waals surface area contributed by atoms with Crippen molar-refractivity contribution in [2.24, 2.45) is 17.8 Å². The first-order valence-corrected chi connectivity index (χ1v) is 9.86. The minimum atomic E-state index is -0.705. The summed E-state index contributed by atoms with van der Waals surface area (Å²) in [4.78, 5) is 10.6. The minimum Gasteiger partial charge on any atom is -0.481 e. The Morgan fingerprint density at radius 1 is 1.17 bits per heavy atom. The number of carboxylic acids is 1. The van der Waals surface area contributed by atoms with E-state index in [1.54, 1.807) is 0 Å². The smallest absolute Gasteiger partial charge is 0.303 e. The highest BCUT2D eigenvalue weighted by molar-refractivity contribution is 5.66. The van der Waals surface area contributed by atoms with E-state index in [0.29, 0.717) is 17.8 Å². The zero-order valence-electron chi connectivity index (χ0n) is 15.1. The lowest BCUT2D eigenvalue weighted by Crippen LogP contribution is -2.16. The summed E-state index contributed by atoms with van der Waals surface area (Å²) in [5, 5.41) is 19.1. The van der Waals surface area contributed by atoms with Crippen LogP contribution >= 0.6 is 0 Å². The Labute approximate surface area is 146 Å². The number of carbonyl (C=O) groups is 1. The van der Waals surface area contributed by atoms with Gasteiger partial charge in [0.05, 0.1) is 6.10 Å². The first kappa shape index (κ1) is 19.2. The molecule has 3 heteroatoms. The van der Waals surface area contributed by atoms with Gasteiger partial charge in [-0.1, -0.05) is 50.0 Å². The van der Waals surface area contributed by atoms with Crippen molar-refractivity contribution >= 4 is 5.97 Å². The van der Waals surface area contributed by atoms with Gasteiger partial charge < -0.3 is 10.2 Å². The van der Waals surface area contributed by atoms with Crippen LogP contribution in [0.4, 0.5) is 0 Å². The summed E-state index contributed by atoms with van der Waals surface area (Å²) in [7, 11) is 0. The molecule has 3 nitrogen and oxygen atoms in total. The van der Waals surface area contributed by atoms with Gasteiger partial charge in [0.15, 0.2) is 0 Å². The molecular formula is C21H34O3. The average molecular weight is 335 g/mol. The molecule has 0 aromatic carbocycles. The van der Waals surface area contributed by atoms with Gasteiger partial charge in [0.25, 0.3) is 0 Å². The molecule has 2 aliphatic carbocycles. The second-order valence-electron chi connectivity index (χ2n) is 7.64. The van der Waals surface area contributed by atoms with Crippen LogP contribution in [0.3, 0.4) is 0 Å². The number of rotatable bonds is 10. The maximum Gasteiger partial charge on any atom is 0.303 e. The number of aliphatic hydroxyl groups is 1. The second-order valence-corrected chi connectivity index (χ2v) is 7.64. The van der Waals surface area contributed by atoms with Crippen molar-refractivity contribution in [3.63, 3.8) is 0 Å². The van der Waals surface area contributed by atoms with Gasteiger partial charge in [-0.25, -0.2) is 0 Å². The van der Waals surface area contributed by atoms with Crippen LogP contribution in [0.25, 0.3) is 0 Å². The van der Waals surface area contributed by atoms with Gasteiger partial charge in [0.1, 0.15) is 0 Å². The van der Waals surface area contributed by atoms with Crippen LogP contribution in [0.5, 0.6) is 0 Å². The molecule has 0 saturated heterocycles. The summed E-state index contributed by atoms with van der Waals surface area (Å²) in [5.74, 6) is 0.841. The van der Waals surface area contributed by atoms with Crippen LogP contribution in [0.2, 0.25) is 0 Å². The highest BCUT2D eigenvalue weighted by atomic mass is 16.4. The van der Waals surface area contributed by atoms with Crippen molar-refractivity contribution in [3.8, 4) is 0 Å². The molecular weight excluding hydrogens is 300 g/mol. The first-order valence-electron chi connectivity index (χ1n) is 9.86. The fraction of sp³-hybridized carbons (Fsp3) is 0.762. The van der Waals surface area contributed by atoms with Crippen molar-refractivity contribution in [1.29, 1.82) is 0 Å². The molecule has 0 aromatic heterocycles. The Kier molecular flexibility index (Phi) is 8.04. The fourth-order valence-corrected chi connectivity index (χ4v) is 4.44. The molecule has 0 aromatic rings. The lowest BCUT2D eigenvalue weighted by molar-refractivity contribution is -0.137. The standard InChI is InChI=1S/C21H34O3/c1-2-3-4-5-6-7-11-18-19-14-16(10-8-9-12-21(23)24)13-17(19)15-20(18)22/h7,10-11,17-20,22H,2-6,8-9,12-15H2,1H3,(H,23,24)/b11-7+,16-10+/t17-,18?,19-,20+/m0/s1. The Morgan fingerprint density at radius 2 is 2.00 bits per heavy atom. The van der Waals surface area contributed by atoms with E-state index < -0.39 is 5.97 Å². The Balaban J connectivity index is 1.77. The van der Waals surface area contributed by atoms with Crippen LogP contribution in [0.15, 0.2) is 23.8 Å². The number of fused-ring (bicyclic) bond motifs is 1. The number of aliphatic hydroxyl groups excluding tert-OH is 1. The number of allylic oxidation sites excluding steroid dienone is 3. The highest BCUT2D eigenvalue weighted by Crippen LogP contribution is 2.50. The SMILES string of the molecule is CCCCCC/C=C/C1[C@H](O)C[C@@H]2C/C(=C\CCCC(=O)O)C[C@H]12. The van der Waals surface area contributed by atoms with Crippen LogP contribution in [-0.4, -0.2) is 22.3 Å². The predicted molar refractivity (Wildman–Crippen MR) is 97.8 cm³/mol. The van der Waals surface area contributed by atoms with Gasteiger partial charge in [0.2, 0.25) is 0 Å². The summed E-state index contributed by atoms with van der Waals surface area (Å²) in [6, 6.07) is 0. The van der Waals surface area contributed by atoms with E-state index in [-0.39, 0.29) is 12.5 Å². The maximum absolute atomic E-state index is 10.6. The van der Waals surface area contributed by atoms with Crippen molar-refractivity contribution in [3.05, 3.63) is 23.8 Å². The van der Waals surface area contributed by atoms with Crippen LogP contribution < -0.4 is 0 Å². The largest absolute Gasteiger partial charge is 0.481 e. The van der Waals surface area contributed by atoms with Gasteiger partial charge in [-0.05, 0) is 56.8 Å². The maximum atomic E-state index is 10.6. The lowest BCUT2D eigenvalue weighted by Gasteiger charge is -2.17. The predicted octanol–water partition coefficient (Wildman–Crippen LogP) is 5.10. The molecule has 0 radical (unpaired) electrons. The Morgan fingerprint density at radius 3 is 2.75 bits per heavy atom. The minimum absolute atomic E-state index is 0.166.